The van der Waals surface area contributed by atoms with Crippen LogP contribution < -0.4 is 10.3 Å². The van der Waals surface area contributed by atoms with Crippen LogP contribution >= 0.6 is 0 Å². The summed E-state index contributed by atoms with van der Waals surface area (Å²) in [6.07, 6.45) is 1.30. The molecule has 1 aliphatic heterocycles. The quantitative estimate of drug-likeness (QED) is 0.852. The van der Waals surface area contributed by atoms with Gasteiger partial charge in [-0.25, -0.2) is 9.18 Å². The molecule has 29 heavy (non-hydrogen) atoms. The number of carboxylic acids is 1. The summed E-state index contributed by atoms with van der Waals surface area (Å²) in [6, 6.07) is 2.72. The monoisotopic (exact) mass is 403 g/mol. The predicted octanol–water partition coefficient (Wildman–Crippen LogP) is 2.55. The van der Waals surface area contributed by atoms with Crippen molar-refractivity contribution < 1.29 is 19.1 Å². The van der Waals surface area contributed by atoms with Crippen molar-refractivity contribution in [3.63, 3.8) is 0 Å². The Morgan fingerprint density at radius 2 is 1.76 bits per heavy atom. The van der Waals surface area contributed by atoms with Gasteiger partial charge >= 0.3 is 5.97 Å². The Morgan fingerprint density at radius 1 is 1.14 bits per heavy atom. The molecule has 7 nitrogen and oxygen atoms in total. The smallest absolute Gasteiger partial charge is 0.341 e. The molecule has 0 bridgehead atoms. The Hall–Kier alpha value is -2.90. The van der Waals surface area contributed by atoms with Gasteiger partial charge < -0.3 is 19.5 Å². The Morgan fingerprint density at radius 3 is 2.28 bits per heavy atom. The molecule has 2 heterocycles. The second-order valence-electron chi connectivity index (χ2n) is 8.31. The van der Waals surface area contributed by atoms with E-state index in [1.165, 1.54) is 6.20 Å². The highest BCUT2D eigenvalue weighted by Gasteiger charge is 2.30. The molecule has 1 fully saturated rings. The zero-order valence-electron chi connectivity index (χ0n) is 17.2. The fraction of sp³-hybridized carbons (Fsp3) is 0.476. The lowest BCUT2D eigenvalue weighted by molar-refractivity contribution is -0.139. The summed E-state index contributed by atoms with van der Waals surface area (Å²) < 4.78 is 16.5. The number of piperazine rings is 1. The normalized spacial score (nSPS) is 15.1. The molecule has 0 saturated carbocycles. The summed E-state index contributed by atoms with van der Waals surface area (Å²) >= 11 is 0. The van der Waals surface area contributed by atoms with Gasteiger partial charge in [-0.1, -0.05) is 20.8 Å². The van der Waals surface area contributed by atoms with Crippen LogP contribution in [0.5, 0.6) is 0 Å². The van der Waals surface area contributed by atoms with Crippen molar-refractivity contribution in [2.45, 2.75) is 34.2 Å². The van der Waals surface area contributed by atoms with Gasteiger partial charge in [-0.2, -0.15) is 0 Å². The maximum absolute atomic E-state index is 14.9. The van der Waals surface area contributed by atoms with E-state index in [4.69, 9.17) is 0 Å². The molecule has 1 saturated heterocycles. The largest absolute Gasteiger partial charge is 0.477 e. The Bertz CT molecular complexity index is 1030. The molecule has 1 N–H and O–H groups in total. The van der Waals surface area contributed by atoms with Crippen molar-refractivity contribution >= 4 is 28.5 Å². The van der Waals surface area contributed by atoms with Gasteiger partial charge in [-0.05, 0) is 19.1 Å². The number of carbonyl (C=O) groups excluding carboxylic acids is 1. The topological polar surface area (TPSA) is 82.8 Å². The van der Waals surface area contributed by atoms with Gasteiger partial charge in [-0.15, -0.1) is 0 Å². The zero-order valence-corrected chi connectivity index (χ0v) is 17.2. The highest BCUT2D eigenvalue weighted by Crippen LogP contribution is 2.27. The SMILES string of the molecule is CCn1cc(C(=O)O)c(=O)c2cc(F)c(N3CCN(C(=O)C(C)(C)C)CC3)cc21. The lowest BCUT2D eigenvalue weighted by atomic mass is 9.94. The van der Waals surface area contributed by atoms with Gasteiger partial charge in [0.15, 0.2) is 0 Å². The number of hydrogen-bond donors (Lipinski definition) is 1. The highest BCUT2D eigenvalue weighted by atomic mass is 19.1. The van der Waals surface area contributed by atoms with Gasteiger partial charge in [0.1, 0.15) is 11.4 Å². The van der Waals surface area contributed by atoms with E-state index in [1.54, 1.807) is 15.5 Å². The molecule has 0 unspecified atom stereocenters. The summed E-state index contributed by atoms with van der Waals surface area (Å²) in [6.45, 7) is 9.84. The van der Waals surface area contributed by atoms with Gasteiger partial charge in [0.05, 0.1) is 11.2 Å². The molecule has 1 amide bonds. The van der Waals surface area contributed by atoms with Crippen LogP contribution in [0.4, 0.5) is 10.1 Å². The number of hydrogen-bond acceptors (Lipinski definition) is 4. The number of halogens is 1. The lowest BCUT2D eigenvalue weighted by Crippen LogP contribution is -2.51. The number of aromatic carboxylic acids is 1. The van der Waals surface area contributed by atoms with Crippen molar-refractivity contribution in [2.24, 2.45) is 5.41 Å². The number of anilines is 1. The molecule has 0 aliphatic carbocycles. The number of amides is 1. The summed E-state index contributed by atoms with van der Waals surface area (Å²) in [5.74, 6) is -1.84. The van der Waals surface area contributed by atoms with E-state index in [0.29, 0.717) is 43.9 Å². The molecular formula is C21H26FN3O4. The number of benzene rings is 1. The minimum absolute atomic E-state index is 0.0505. The molecule has 8 heteroatoms. The summed E-state index contributed by atoms with van der Waals surface area (Å²) in [7, 11) is 0. The second kappa shape index (κ2) is 7.50. The maximum Gasteiger partial charge on any atom is 0.341 e. The summed E-state index contributed by atoms with van der Waals surface area (Å²) in [5.41, 5.74) is -0.684. The number of pyridine rings is 1. The number of carboxylic acid groups (broad SMARTS) is 1. The predicted molar refractivity (Wildman–Crippen MR) is 109 cm³/mol. The first-order chi connectivity index (χ1) is 13.5. The third-order valence-electron chi connectivity index (χ3n) is 5.27. The Kier molecular flexibility index (Phi) is 5.38. The molecule has 0 atom stereocenters. The van der Waals surface area contributed by atoms with Crippen LogP contribution in [0.15, 0.2) is 23.1 Å². The molecule has 1 aromatic carbocycles. The third-order valence-corrected chi connectivity index (χ3v) is 5.27. The van der Waals surface area contributed by atoms with Crippen molar-refractivity contribution in [3.05, 3.63) is 39.9 Å². The van der Waals surface area contributed by atoms with Crippen molar-refractivity contribution in [3.8, 4) is 0 Å². The van der Waals surface area contributed by atoms with Crippen LogP contribution in [-0.4, -0.2) is 52.6 Å². The molecular weight excluding hydrogens is 377 g/mol. The van der Waals surface area contributed by atoms with E-state index in [9.17, 15) is 23.9 Å². The van der Waals surface area contributed by atoms with Gasteiger partial charge in [0.2, 0.25) is 11.3 Å². The van der Waals surface area contributed by atoms with Crippen LogP contribution in [0.3, 0.4) is 0 Å². The van der Waals surface area contributed by atoms with Gasteiger partial charge in [0.25, 0.3) is 0 Å². The molecule has 0 spiro atoms. The number of aryl methyl sites for hydroxylation is 1. The van der Waals surface area contributed by atoms with Crippen molar-refractivity contribution in [1.29, 1.82) is 0 Å². The lowest BCUT2D eigenvalue weighted by Gasteiger charge is -2.38. The fourth-order valence-corrected chi connectivity index (χ4v) is 3.68. The minimum Gasteiger partial charge on any atom is -0.477 e. The molecule has 1 aromatic heterocycles. The van der Waals surface area contributed by atoms with E-state index in [2.05, 4.69) is 0 Å². The second-order valence-corrected chi connectivity index (χ2v) is 8.31. The average Bonchev–Trinajstić information content (AvgIpc) is 2.67. The summed E-state index contributed by atoms with van der Waals surface area (Å²) in [5, 5.41) is 9.30. The van der Waals surface area contributed by atoms with E-state index in [1.807, 2.05) is 32.6 Å². The van der Waals surface area contributed by atoms with Crippen LogP contribution in [0.2, 0.25) is 0 Å². The van der Waals surface area contributed by atoms with E-state index in [-0.39, 0.29) is 16.9 Å². The number of nitrogens with zero attached hydrogens (tertiary/aromatic N) is 3. The van der Waals surface area contributed by atoms with E-state index in [0.717, 1.165) is 6.07 Å². The summed E-state index contributed by atoms with van der Waals surface area (Å²) in [4.78, 5) is 39.9. The molecule has 2 aromatic rings. The molecule has 1 aliphatic rings. The number of aromatic nitrogens is 1. The van der Waals surface area contributed by atoms with Crippen molar-refractivity contribution in [1.82, 2.24) is 9.47 Å². The van der Waals surface area contributed by atoms with Crippen LogP contribution in [0.1, 0.15) is 38.1 Å². The van der Waals surface area contributed by atoms with Crippen LogP contribution in [0, 0.1) is 11.2 Å². The Balaban J connectivity index is 1.97. The fourth-order valence-electron chi connectivity index (χ4n) is 3.68. The number of fused-ring (bicyclic) bond motifs is 1. The van der Waals surface area contributed by atoms with Crippen molar-refractivity contribution in [2.75, 3.05) is 31.1 Å². The molecule has 156 valence electrons. The zero-order chi connectivity index (χ0) is 21.5. The van der Waals surface area contributed by atoms with E-state index < -0.39 is 22.6 Å². The molecule has 0 radical (unpaired) electrons. The van der Waals surface area contributed by atoms with Crippen LogP contribution in [-0.2, 0) is 11.3 Å². The highest BCUT2D eigenvalue weighted by molar-refractivity contribution is 5.93. The first-order valence-corrected chi connectivity index (χ1v) is 9.69. The third kappa shape index (κ3) is 3.83. The Labute approximate surface area is 168 Å². The van der Waals surface area contributed by atoms with Gasteiger partial charge in [0, 0.05) is 49.7 Å². The average molecular weight is 403 g/mol. The number of carbonyl (C=O) groups is 2. The minimum atomic E-state index is -1.33. The van der Waals surface area contributed by atoms with Gasteiger partial charge in [-0.3, -0.25) is 9.59 Å². The number of rotatable bonds is 3. The first kappa shape index (κ1) is 20.8. The maximum atomic E-state index is 14.9. The molecule has 3 rings (SSSR count). The first-order valence-electron chi connectivity index (χ1n) is 9.69. The van der Waals surface area contributed by atoms with E-state index >= 15 is 0 Å². The standard InChI is InChI=1S/C21H26FN3O4/c1-5-23-12-14(19(27)28)18(26)13-10-15(22)17(11-16(13)23)24-6-8-25(9-7-24)20(29)21(2,3)4/h10-12H,5-9H2,1-4H3,(H,27,28). The van der Waals surface area contributed by atoms with Crippen LogP contribution in [0.25, 0.3) is 10.9 Å².